The number of amides is 1. The second-order valence-corrected chi connectivity index (χ2v) is 5.93. The van der Waals surface area contributed by atoms with Crippen molar-refractivity contribution < 1.29 is 4.79 Å². The Bertz CT molecular complexity index is 420. The van der Waals surface area contributed by atoms with Gasteiger partial charge in [0.05, 0.1) is 12.2 Å². The summed E-state index contributed by atoms with van der Waals surface area (Å²) in [6.45, 7) is 9.92. The molecular weight excluding hydrogens is 304 g/mol. The minimum atomic E-state index is 0.0289. The van der Waals surface area contributed by atoms with Crippen molar-refractivity contribution in [2.24, 2.45) is 5.92 Å². The van der Waals surface area contributed by atoms with E-state index in [2.05, 4.69) is 53.8 Å². The average Bonchev–Trinajstić information content (AvgIpc) is 2.37. The van der Waals surface area contributed by atoms with Crippen LogP contribution in [0.5, 0.6) is 0 Å². The average molecular weight is 327 g/mol. The molecule has 0 aliphatic heterocycles. The Hall–Kier alpha value is -0.870. The fourth-order valence-electron chi connectivity index (χ4n) is 1.90. The van der Waals surface area contributed by atoms with Crippen molar-refractivity contribution in [1.82, 2.24) is 4.90 Å². The van der Waals surface area contributed by atoms with Gasteiger partial charge in [0.1, 0.15) is 0 Å². The van der Waals surface area contributed by atoms with Gasteiger partial charge in [-0.3, -0.25) is 9.69 Å². The lowest BCUT2D eigenvalue weighted by molar-refractivity contribution is -0.117. The van der Waals surface area contributed by atoms with E-state index in [0.717, 1.165) is 16.7 Å². The van der Waals surface area contributed by atoms with Gasteiger partial charge in [-0.1, -0.05) is 32.9 Å². The molecule has 0 heterocycles. The molecule has 19 heavy (non-hydrogen) atoms. The van der Waals surface area contributed by atoms with Gasteiger partial charge in [-0.15, -0.1) is 0 Å². The zero-order valence-electron chi connectivity index (χ0n) is 12.1. The summed E-state index contributed by atoms with van der Waals surface area (Å²) in [6.07, 6.45) is 0. The molecule has 3 nitrogen and oxygen atoms in total. The maximum atomic E-state index is 12.1. The third-order valence-corrected chi connectivity index (χ3v) is 4.13. The van der Waals surface area contributed by atoms with Gasteiger partial charge in [0, 0.05) is 10.5 Å². The van der Waals surface area contributed by atoms with Crippen LogP contribution in [0.1, 0.15) is 27.7 Å². The highest BCUT2D eigenvalue weighted by Gasteiger charge is 2.18. The number of para-hydroxylation sites is 1. The number of rotatable bonds is 6. The van der Waals surface area contributed by atoms with E-state index in [0.29, 0.717) is 18.5 Å². The lowest BCUT2D eigenvalue weighted by Crippen LogP contribution is -2.41. The zero-order valence-corrected chi connectivity index (χ0v) is 13.7. The molecule has 0 radical (unpaired) electrons. The minimum Gasteiger partial charge on any atom is -0.324 e. The normalized spacial score (nSPS) is 12.8. The first kappa shape index (κ1) is 16.2. The van der Waals surface area contributed by atoms with Gasteiger partial charge in [0.2, 0.25) is 5.91 Å². The third-order valence-electron chi connectivity index (χ3n) is 3.44. The van der Waals surface area contributed by atoms with Crippen molar-refractivity contribution >= 4 is 27.5 Å². The SMILES string of the molecule is CCN(CC(=O)Nc1ccccc1Br)C(C)C(C)C. The van der Waals surface area contributed by atoms with E-state index in [1.54, 1.807) is 0 Å². The molecule has 106 valence electrons. The van der Waals surface area contributed by atoms with Crippen molar-refractivity contribution in [1.29, 1.82) is 0 Å². The summed E-state index contributed by atoms with van der Waals surface area (Å²) in [7, 11) is 0. The Kier molecular flexibility index (Phi) is 6.52. The fourth-order valence-corrected chi connectivity index (χ4v) is 2.29. The molecule has 0 saturated carbocycles. The van der Waals surface area contributed by atoms with Gasteiger partial charge >= 0.3 is 0 Å². The third kappa shape index (κ3) is 4.96. The van der Waals surface area contributed by atoms with Gasteiger partial charge in [-0.25, -0.2) is 0 Å². The molecule has 1 unspecified atom stereocenters. The molecule has 1 rings (SSSR count). The molecule has 0 bridgehead atoms. The summed E-state index contributed by atoms with van der Waals surface area (Å²) in [5.41, 5.74) is 0.820. The second-order valence-electron chi connectivity index (χ2n) is 5.08. The van der Waals surface area contributed by atoms with Gasteiger partial charge in [-0.05, 0) is 47.4 Å². The number of hydrogen-bond donors (Lipinski definition) is 1. The molecule has 1 aromatic rings. The topological polar surface area (TPSA) is 32.3 Å². The lowest BCUT2D eigenvalue weighted by Gasteiger charge is -2.30. The standard InChI is InChI=1S/C15H23BrN2O/c1-5-18(12(4)11(2)3)10-15(19)17-14-9-7-6-8-13(14)16/h6-9,11-12H,5,10H2,1-4H3,(H,17,19). The van der Waals surface area contributed by atoms with E-state index in [4.69, 9.17) is 0 Å². The number of carbonyl (C=O) groups is 1. The highest BCUT2D eigenvalue weighted by atomic mass is 79.9. The zero-order chi connectivity index (χ0) is 14.4. The van der Waals surface area contributed by atoms with Gasteiger partial charge in [0.15, 0.2) is 0 Å². The van der Waals surface area contributed by atoms with Crippen LogP contribution >= 0.6 is 15.9 Å². The van der Waals surface area contributed by atoms with Crippen LogP contribution in [-0.4, -0.2) is 29.9 Å². The number of likely N-dealkylation sites (N-methyl/N-ethyl adjacent to an activating group) is 1. The van der Waals surface area contributed by atoms with Crippen LogP contribution in [0.2, 0.25) is 0 Å². The molecule has 1 atom stereocenters. The number of carbonyl (C=O) groups excluding carboxylic acids is 1. The molecule has 0 fully saturated rings. The number of nitrogens with zero attached hydrogens (tertiary/aromatic N) is 1. The summed E-state index contributed by atoms with van der Waals surface area (Å²) in [5.74, 6) is 0.567. The lowest BCUT2D eigenvalue weighted by atomic mass is 10.0. The molecule has 1 N–H and O–H groups in total. The minimum absolute atomic E-state index is 0.0289. The van der Waals surface area contributed by atoms with Crippen LogP contribution < -0.4 is 5.32 Å². The maximum Gasteiger partial charge on any atom is 0.238 e. The molecule has 0 aromatic heterocycles. The van der Waals surface area contributed by atoms with Crippen LogP contribution in [0.25, 0.3) is 0 Å². The van der Waals surface area contributed by atoms with Crippen molar-refractivity contribution in [2.45, 2.75) is 33.7 Å². The van der Waals surface area contributed by atoms with E-state index in [9.17, 15) is 4.79 Å². The highest BCUT2D eigenvalue weighted by molar-refractivity contribution is 9.10. The number of benzene rings is 1. The van der Waals surface area contributed by atoms with Gasteiger partial charge in [0.25, 0.3) is 0 Å². The first-order valence-corrected chi connectivity index (χ1v) is 7.53. The fraction of sp³-hybridized carbons (Fsp3) is 0.533. The van der Waals surface area contributed by atoms with Crippen LogP contribution in [-0.2, 0) is 4.79 Å². The first-order valence-electron chi connectivity index (χ1n) is 6.74. The molecule has 0 aliphatic rings. The number of nitrogens with one attached hydrogen (secondary N) is 1. The quantitative estimate of drug-likeness (QED) is 0.863. The number of anilines is 1. The van der Waals surface area contributed by atoms with E-state index in [1.165, 1.54) is 0 Å². The van der Waals surface area contributed by atoms with Crippen LogP contribution in [0.15, 0.2) is 28.7 Å². The second kappa shape index (κ2) is 7.65. The molecule has 0 spiro atoms. The summed E-state index contributed by atoms with van der Waals surface area (Å²) in [4.78, 5) is 14.3. The number of hydrogen-bond acceptors (Lipinski definition) is 2. The summed E-state index contributed by atoms with van der Waals surface area (Å²) < 4.78 is 0.906. The Morgan fingerprint density at radius 3 is 2.47 bits per heavy atom. The van der Waals surface area contributed by atoms with Crippen molar-refractivity contribution in [3.05, 3.63) is 28.7 Å². The van der Waals surface area contributed by atoms with Gasteiger partial charge < -0.3 is 5.32 Å². The molecule has 1 aromatic carbocycles. The molecular formula is C15H23BrN2O. The number of halogens is 1. The largest absolute Gasteiger partial charge is 0.324 e. The van der Waals surface area contributed by atoms with Crippen LogP contribution in [0, 0.1) is 5.92 Å². The van der Waals surface area contributed by atoms with Crippen LogP contribution in [0.4, 0.5) is 5.69 Å². The summed E-state index contributed by atoms with van der Waals surface area (Å²) in [6, 6.07) is 8.05. The molecule has 4 heteroatoms. The van der Waals surface area contributed by atoms with Crippen molar-refractivity contribution in [2.75, 3.05) is 18.4 Å². The Balaban J connectivity index is 2.62. The van der Waals surface area contributed by atoms with E-state index >= 15 is 0 Å². The highest BCUT2D eigenvalue weighted by Crippen LogP contribution is 2.21. The van der Waals surface area contributed by atoms with E-state index < -0.39 is 0 Å². The maximum absolute atomic E-state index is 12.1. The molecule has 0 aliphatic carbocycles. The monoisotopic (exact) mass is 326 g/mol. The van der Waals surface area contributed by atoms with E-state index in [-0.39, 0.29) is 5.91 Å². The van der Waals surface area contributed by atoms with Crippen molar-refractivity contribution in [3.63, 3.8) is 0 Å². The Labute approximate surface area is 124 Å². The molecule has 1 amide bonds. The Morgan fingerprint density at radius 1 is 1.32 bits per heavy atom. The smallest absolute Gasteiger partial charge is 0.238 e. The van der Waals surface area contributed by atoms with Crippen molar-refractivity contribution in [3.8, 4) is 0 Å². The summed E-state index contributed by atoms with van der Waals surface area (Å²) in [5, 5.41) is 2.94. The predicted octanol–water partition coefficient (Wildman–Crippen LogP) is 3.75. The first-order chi connectivity index (χ1) is 8.95. The Morgan fingerprint density at radius 2 is 1.95 bits per heavy atom. The molecule has 0 saturated heterocycles. The van der Waals surface area contributed by atoms with Crippen LogP contribution in [0.3, 0.4) is 0 Å². The van der Waals surface area contributed by atoms with E-state index in [1.807, 2.05) is 24.3 Å². The van der Waals surface area contributed by atoms with Gasteiger partial charge in [-0.2, -0.15) is 0 Å². The summed E-state index contributed by atoms with van der Waals surface area (Å²) >= 11 is 3.43. The predicted molar refractivity (Wildman–Crippen MR) is 84.3 cm³/mol.